The van der Waals surface area contributed by atoms with Crippen LogP contribution in [-0.2, 0) is 10.0 Å². The molecular formula is C20H23FN2O5S. The second-order valence-corrected chi connectivity index (χ2v) is 8.79. The number of rotatable bonds is 6. The van der Waals surface area contributed by atoms with E-state index in [1.807, 2.05) is 0 Å². The summed E-state index contributed by atoms with van der Waals surface area (Å²) in [7, 11) is -3.58. The van der Waals surface area contributed by atoms with Crippen LogP contribution in [0.2, 0.25) is 0 Å². The van der Waals surface area contributed by atoms with Crippen LogP contribution in [0, 0.1) is 5.82 Å². The van der Waals surface area contributed by atoms with Crippen molar-refractivity contribution in [3.05, 3.63) is 48.3 Å². The molecule has 0 N–H and O–H groups in total. The van der Waals surface area contributed by atoms with E-state index in [2.05, 4.69) is 4.90 Å². The Balaban J connectivity index is 1.30. The van der Waals surface area contributed by atoms with Crippen molar-refractivity contribution in [2.24, 2.45) is 0 Å². The molecule has 0 atom stereocenters. The first-order valence-corrected chi connectivity index (χ1v) is 11.0. The maximum absolute atomic E-state index is 13.0. The molecule has 2 aliphatic rings. The number of fused-ring (bicyclic) bond motifs is 1. The van der Waals surface area contributed by atoms with E-state index in [1.54, 1.807) is 24.3 Å². The monoisotopic (exact) mass is 422 g/mol. The first kappa shape index (κ1) is 19.9. The van der Waals surface area contributed by atoms with E-state index < -0.39 is 10.0 Å². The van der Waals surface area contributed by atoms with Gasteiger partial charge in [0.25, 0.3) is 0 Å². The molecular weight excluding hydrogens is 399 g/mol. The molecule has 0 unspecified atom stereocenters. The third-order valence-electron chi connectivity index (χ3n) is 4.97. The van der Waals surface area contributed by atoms with E-state index in [0.29, 0.717) is 69.8 Å². The zero-order valence-corrected chi connectivity index (χ0v) is 16.7. The van der Waals surface area contributed by atoms with Gasteiger partial charge >= 0.3 is 0 Å². The number of halogens is 1. The third kappa shape index (κ3) is 4.63. The van der Waals surface area contributed by atoms with Crippen LogP contribution in [0.1, 0.15) is 0 Å². The van der Waals surface area contributed by atoms with Crippen molar-refractivity contribution in [2.75, 3.05) is 52.5 Å². The molecule has 0 saturated carbocycles. The predicted octanol–water partition coefficient (Wildman–Crippen LogP) is 1.98. The minimum Gasteiger partial charge on any atom is -0.492 e. The van der Waals surface area contributed by atoms with Crippen LogP contribution in [0.5, 0.6) is 17.2 Å². The molecule has 2 aliphatic heterocycles. The molecule has 0 aliphatic carbocycles. The Hall–Kier alpha value is -2.36. The lowest BCUT2D eigenvalue weighted by molar-refractivity contribution is 0.158. The van der Waals surface area contributed by atoms with E-state index >= 15 is 0 Å². The standard InChI is InChI=1S/C20H23FN2O5S/c21-16-1-3-17(4-2-16)26-12-11-22-7-9-23(10-8-22)29(24,25)18-5-6-19-20(15-18)28-14-13-27-19/h1-6,15H,7-14H2. The van der Waals surface area contributed by atoms with Crippen molar-refractivity contribution >= 4 is 10.0 Å². The van der Waals surface area contributed by atoms with E-state index in [0.717, 1.165) is 0 Å². The first-order valence-electron chi connectivity index (χ1n) is 9.53. The Kier molecular flexibility index (Phi) is 5.89. The molecule has 4 rings (SSSR count). The Bertz CT molecular complexity index is 944. The van der Waals surface area contributed by atoms with E-state index in [-0.39, 0.29) is 10.7 Å². The molecule has 1 saturated heterocycles. The van der Waals surface area contributed by atoms with Crippen molar-refractivity contribution in [1.29, 1.82) is 0 Å². The minimum absolute atomic E-state index is 0.217. The Morgan fingerprint density at radius 1 is 0.931 bits per heavy atom. The third-order valence-corrected chi connectivity index (χ3v) is 6.87. The normalized spacial score (nSPS) is 17.8. The lowest BCUT2D eigenvalue weighted by Crippen LogP contribution is -2.49. The first-order chi connectivity index (χ1) is 14.0. The summed E-state index contributed by atoms with van der Waals surface area (Å²) in [6.07, 6.45) is 0. The van der Waals surface area contributed by atoms with Crippen molar-refractivity contribution in [2.45, 2.75) is 4.90 Å². The largest absolute Gasteiger partial charge is 0.492 e. The van der Waals surface area contributed by atoms with Crippen molar-refractivity contribution in [3.8, 4) is 17.2 Å². The van der Waals surface area contributed by atoms with Gasteiger partial charge in [0.1, 0.15) is 31.4 Å². The number of hydrogen-bond donors (Lipinski definition) is 0. The number of ether oxygens (including phenoxy) is 3. The predicted molar refractivity (Wildman–Crippen MR) is 105 cm³/mol. The number of hydrogen-bond acceptors (Lipinski definition) is 6. The fraction of sp³-hybridized carbons (Fsp3) is 0.400. The van der Waals surface area contributed by atoms with Gasteiger partial charge in [0.2, 0.25) is 10.0 Å². The Labute approximate surface area is 169 Å². The van der Waals surface area contributed by atoms with Gasteiger partial charge in [-0.25, -0.2) is 12.8 Å². The van der Waals surface area contributed by atoms with Crippen LogP contribution >= 0.6 is 0 Å². The molecule has 0 aromatic heterocycles. The van der Waals surface area contributed by atoms with Gasteiger partial charge in [-0.2, -0.15) is 4.31 Å². The lowest BCUT2D eigenvalue weighted by Gasteiger charge is -2.34. The highest BCUT2D eigenvalue weighted by Gasteiger charge is 2.29. The lowest BCUT2D eigenvalue weighted by atomic mass is 10.3. The van der Waals surface area contributed by atoms with Gasteiger partial charge in [-0.1, -0.05) is 0 Å². The van der Waals surface area contributed by atoms with Gasteiger partial charge < -0.3 is 14.2 Å². The minimum atomic E-state index is -3.58. The van der Waals surface area contributed by atoms with Crippen molar-refractivity contribution < 1.29 is 27.0 Å². The molecule has 0 bridgehead atoms. The van der Waals surface area contributed by atoms with Crippen LogP contribution in [0.3, 0.4) is 0 Å². The summed E-state index contributed by atoms with van der Waals surface area (Å²) >= 11 is 0. The van der Waals surface area contributed by atoms with E-state index in [4.69, 9.17) is 14.2 Å². The van der Waals surface area contributed by atoms with Gasteiger partial charge in [-0.3, -0.25) is 4.90 Å². The summed E-state index contributed by atoms with van der Waals surface area (Å²) in [5, 5.41) is 0. The topological polar surface area (TPSA) is 68.3 Å². The highest BCUT2D eigenvalue weighted by atomic mass is 32.2. The van der Waals surface area contributed by atoms with Gasteiger partial charge in [0.15, 0.2) is 11.5 Å². The number of nitrogens with zero attached hydrogens (tertiary/aromatic N) is 2. The zero-order valence-electron chi connectivity index (χ0n) is 15.9. The molecule has 9 heteroatoms. The van der Waals surface area contributed by atoms with Crippen molar-refractivity contribution in [3.63, 3.8) is 0 Å². The maximum atomic E-state index is 13.0. The van der Waals surface area contributed by atoms with Gasteiger partial charge in [0.05, 0.1) is 4.90 Å². The number of sulfonamides is 1. The molecule has 2 heterocycles. The molecule has 0 radical (unpaired) electrons. The summed E-state index contributed by atoms with van der Waals surface area (Å²) in [5.41, 5.74) is 0. The molecule has 7 nitrogen and oxygen atoms in total. The SMILES string of the molecule is O=S(=O)(c1ccc2c(c1)OCCO2)N1CCN(CCOc2ccc(F)cc2)CC1. The number of piperazine rings is 1. The van der Waals surface area contributed by atoms with Crippen LogP contribution in [-0.4, -0.2) is 70.2 Å². The van der Waals surface area contributed by atoms with Crippen LogP contribution in [0.25, 0.3) is 0 Å². The quantitative estimate of drug-likeness (QED) is 0.709. The Morgan fingerprint density at radius 2 is 1.62 bits per heavy atom. The number of benzene rings is 2. The van der Waals surface area contributed by atoms with Gasteiger partial charge in [0, 0.05) is 38.8 Å². The fourth-order valence-electron chi connectivity index (χ4n) is 3.35. The van der Waals surface area contributed by atoms with Crippen LogP contribution in [0.4, 0.5) is 4.39 Å². The van der Waals surface area contributed by atoms with Crippen molar-refractivity contribution in [1.82, 2.24) is 9.21 Å². The Morgan fingerprint density at radius 3 is 2.34 bits per heavy atom. The van der Waals surface area contributed by atoms with Gasteiger partial charge in [-0.15, -0.1) is 0 Å². The highest BCUT2D eigenvalue weighted by molar-refractivity contribution is 7.89. The average molecular weight is 422 g/mol. The maximum Gasteiger partial charge on any atom is 0.243 e. The smallest absolute Gasteiger partial charge is 0.243 e. The summed E-state index contributed by atoms with van der Waals surface area (Å²) in [6.45, 7) is 4.07. The average Bonchev–Trinajstić information content (AvgIpc) is 2.75. The molecule has 156 valence electrons. The molecule has 0 amide bonds. The second kappa shape index (κ2) is 8.56. The molecule has 0 spiro atoms. The molecule has 1 fully saturated rings. The molecule has 29 heavy (non-hydrogen) atoms. The second-order valence-electron chi connectivity index (χ2n) is 6.85. The molecule has 2 aromatic carbocycles. The van der Waals surface area contributed by atoms with Crippen LogP contribution in [0.15, 0.2) is 47.4 Å². The highest BCUT2D eigenvalue weighted by Crippen LogP contribution is 2.33. The van der Waals surface area contributed by atoms with E-state index in [1.165, 1.54) is 22.5 Å². The summed E-state index contributed by atoms with van der Waals surface area (Å²) in [6, 6.07) is 10.6. The summed E-state index contributed by atoms with van der Waals surface area (Å²) in [4.78, 5) is 2.37. The van der Waals surface area contributed by atoms with E-state index in [9.17, 15) is 12.8 Å². The summed E-state index contributed by atoms with van der Waals surface area (Å²) in [5.74, 6) is 1.36. The molecule has 2 aromatic rings. The summed E-state index contributed by atoms with van der Waals surface area (Å²) < 4.78 is 56.9. The fourth-order valence-corrected chi connectivity index (χ4v) is 4.79. The van der Waals surface area contributed by atoms with Gasteiger partial charge in [-0.05, 0) is 36.4 Å². The van der Waals surface area contributed by atoms with Crippen LogP contribution < -0.4 is 14.2 Å². The zero-order chi connectivity index (χ0) is 20.3.